The van der Waals surface area contributed by atoms with E-state index in [0.717, 1.165) is 11.8 Å². The number of carbonyl (C=O) groups is 3. The van der Waals surface area contributed by atoms with Crippen LogP contribution in [0.2, 0.25) is 0 Å². The molecule has 14 nitrogen and oxygen atoms in total. The third kappa shape index (κ3) is 7.69. The highest BCUT2D eigenvalue weighted by Crippen LogP contribution is 2.39. The lowest BCUT2D eigenvalue weighted by molar-refractivity contribution is 0.0302. The number of hydrogen-bond donors (Lipinski definition) is 4. The molecule has 4 aromatic rings. The van der Waals surface area contributed by atoms with Crippen molar-refractivity contribution in [1.82, 2.24) is 14.5 Å². The number of anilines is 4. The second-order valence-corrected chi connectivity index (χ2v) is 14.2. The highest BCUT2D eigenvalue weighted by molar-refractivity contribution is 7.92. The van der Waals surface area contributed by atoms with E-state index >= 15 is 0 Å². The molecule has 5 rings (SSSR count). The minimum absolute atomic E-state index is 0.150. The molecule has 2 aromatic carbocycles. The SMILES string of the molecule is COc1c(NC(=O)c2cc3cccc(NC(=O)Nc4ccc(C(=O)N5CCOCC5)cn4)c3n2C)cc(C(C)(C)C)cc1NS(C)(=O)=O. The molecule has 2 aromatic heterocycles. The molecule has 0 aliphatic carbocycles. The summed E-state index contributed by atoms with van der Waals surface area (Å²) in [5.41, 5.74) is 2.60. The Morgan fingerprint density at radius 2 is 1.65 bits per heavy atom. The third-order valence-corrected chi connectivity index (χ3v) is 8.38. The van der Waals surface area contributed by atoms with E-state index < -0.39 is 22.0 Å². The summed E-state index contributed by atoms with van der Waals surface area (Å²) in [5.74, 6) is -0.217. The van der Waals surface area contributed by atoms with Crippen LogP contribution in [0.3, 0.4) is 0 Å². The molecule has 4 amide bonds. The van der Waals surface area contributed by atoms with Gasteiger partial charge in [0, 0.05) is 31.7 Å². The van der Waals surface area contributed by atoms with Gasteiger partial charge in [-0.25, -0.2) is 18.2 Å². The molecule has 0 atom stereocenters. The lowest BCUT2D eigenvalue weighted by Crippen LogP contribution is -2.40. The minimum Gasteiger partial charge on any atom is -0.492 e. The zero-order valence-electron chi connectivity index (χ0n) is 27.6. The van der Waals surface area contributed by atoms with E-state index in [4.69, 9.17) is 9.47 Å². The number of amides is 4. The summed E-state index contributed by atoms with van der Waals surface area (Å²) in [6.07, 6.45) is 2.46. The smallest absolute Gasteiger partial charge is 0.324 e. The molecule has 15 heteroatoms. The molecule has 1 aliphatic rings. The van der Waals surface area contributed by atoms with E-state index in [1.54, 1.807) is 59.0 Å². The van der Waals surface area contributed by atoms with Gasteiger partial charge in [-0.05, 0) is 47.4 Å². The molecule has 48 heavy (non-hydrogen) atoms. The van der Waals surface area contributed by atoms with Gasteiger partial charge in [0.1, 0.15) is 11.5 Å². The maximum absolute atomic E-state index is 13.7. The van der Waals surface area contributed by atoms with Gasteiger partial charge in [-0.1, -0.05) is 32.9 Å². The van der Waals surface area contributed by atoms with Crippen molar-refractivity contribution < 1.29 is 32.3 Å². The number of rotatable bonds is 8. The molecule has 1 saturated heterocycles. The maximum Gasteiger partial charge on any atom is 0.324 e. The minimum atomic E-state index is -3.65. The van der Waals surface area contributed by atoms with Crippen LogP contribution in [-0.4, -0.2) is 80.4 Å². The van der Waals surface area contributed by atoms with Crippen molar-refractivity contribution in [2.24, 2.45) is 7.05 Å². The molecule has 0 spiro atoms. The monoisotopic (exact) mass is 677 g/mol. The van der Waals surface area contributed by atoms with Gasteiger partial charge in [-0.3, -0.25) is 19.6 Å². The van der Waals surface area contributed by atoms with Crippen molar-refractivity contribution in [3.8, 4) is 5.75 Å². The molecule has 254 valence electrons. The van der Waals surface area contributed by atoms with E-state index in [-0.39, 0.29) is 40.0 Å². The second kappa shape index (κ2) is 13.5. The van der Waals surface area contributed by atoms with E-state index in [9.17, 15) is 22.8 Å². The molecule has 0 radical (unpaired) electrons. The fourth-order valence-corrected chi connectivity index (χ4v) is 5.94. The topological polar surface area (TPSA) is 173 Å². The average molecular weight is 678 g/mol. The van der Waals surface area contributed by atoms with Crippen molar-refractivity contribution >= 4 is 61.7 Å². The first-order valence-corrected chi connectivity index (χ1v) is 17.0. The number of sulfonamides is 1. The fourth-order valence-electron chi connectivity index (χ4n) is 5.39. The molecule has 0 bridgehead atoms. The normalized spacial score (nSPS) is 13.6. The number of ether oxygens (including phenoxy) is 2. The highest BCUT2D eigenvalue weighted by atomic mass is 32.2. The highest BCUT2D eigenvalue weighted by Gasteiger charge is 2.24. The van der Waals surface area contributed by atoms with Crippen LogP contribution in [0.15, 0.2) is 54.7 Å². The van der Waals surface area contributed by atoms with E-state index in [1.807, 2.05) is 26.8 Å². The van der Waals surface area contributed by atoms with Gasteiger partial charge in [0.2, 0.25) is 10.0 Å². The number of nitrogens with one attached hydrogen (secondary N) is 4. The second-order valence-electron chi connectivity index (χ2n) is 12.4. The lowest BCUT2D eigenvalue weighted by Gasteiger charge is -2.26. The first kappa shape index (κ1) is 34.2. The van der Waals surface area contributed by atoms with Gasteiger partial charge >= 0.3 is 6.03 Å². The van der Waals surface area contributed by atoms with Crippen LogP contribution in [0, 0.1) is 0 Å². The Morgan fingerprint density at radius 1 is 0.938 bits per heavy atom. The molecule has 4 N–H and O–H groups in total. The third-order valence-electron chi connectivity index (χ3n) is 7.79. The zero-order valence-corrected chi connectivity index (χ0v) is 28.4. The van der Waals surface area contributed by atoms with Gasteiger partial charge in [-0.2, -0.15) is 0 Å². The molecule has 3 heterocycles. The maximum atomic E-state index is 13.7. The Hall–Kier alpha value is -5.15. The van der Waals surface area contributed by atoms with Crippen molar-refractivity contribution in [3.05, 3.63) is 71.5 Å². The van der Waals surface area contributed by atoms with E-state index in [1.165, 1.54) is 13.3 Å². The van der Waals surface area contributed by atoms with Crippen molar-refractivity contribution in [2.45, 2.75) is 26.2 Å². The number of benzene rings is 2. The van der Waals surface area contributed by atoms with Crippen molar-refractivity contribution in [3.63, 3.8) is 0 Å². The molecule has 1 aliphatic heterocycles. The number of methoxy groups -OCH3 is 1. The number of aryl methyl sites for hydroxylation is 1. The summed E-state index contributed by atoms with van der Waals surface area (Å²) < 4.78 is 39.2. The van der Waals surface area contributed by atoms with Crippen LogP contribution in [0.1, 0.15) is 47.2 Å². The standard InChI is InChI=1S/C33H39N7O7S/c1-33(2,3)22-17-24(29(46-5)25(18-22)38-48(6,44)45)35-30(41)26-16-20-8-7-9-23(28(20)39(26)4)36-32(43)37-27-11-10-21(19-34-27)31(42)40-12-14-47-15-13-40/h7-11,16-19,38H,12-15H2,1-6H3,(H,35,41)(H2,34,36,37,43). The Kier molecular flexibility index (Phi) is 9.64. The predicted molar refractivity (Wildman–Crippen MR) is 185 cm³/mol. The predicted octanol–water partition coefficient (Wildman–Crippen LogP) is 4.62. The van der Waals surface area contributed by atoms with Crippen LogP contribution in [0.5, 0.6) is 5.75 Å². The molecule has 0 unspecified atom stereocenters. The van der Waals surface area contributed by atoms with Gasteiger partial charge < -0.3 is 29.6 Å². The number of nitrogens with zero attached hydrogens (tertiary/aromatic N) is 3. The van der Waals surface area contributed by atoms with E-state index in [0.29, 0.717) is 48.5 Å². The Balaban J connectivity index is 1.36. The number of para-hydroxylation sites is 1. The van der Waals surface area contributed by atoms with Crippen LogP contribution < -0.4 is 25.4 Å². The number of pyridine rings is 1. The van der Waals surface area contributed by atoms with Crippen LogP contribution in [0.4, 0.5) is 27.7 Å². The van der Waals surface area contributed by atoms with Crippen LogP contribution >= 0.6 is 0 Å². The van der Waals surface area contributed by atoms with Crippen LogP contribution in [-0.2, 0) is 27.2 Å². The molecule has 0 saturated carbocycles. The first-order chi connectivity index (χ1) is 22.6. The summed E-state index contributed by atoms with van der Waals surface area (Å²) in [5, 5.41) is 9.07. The van der Waals surface area contributed by atoms with Gasteiger partial charge in [-0.15, -0.1) is 0 Å². The lowest BCUT2D eigenvalue weighted by atomic mass is 9.86. The quantitative estimate of drug-likeness (QED) is 0.209. The van der Waals surface area contributed by atoms with Crippen LogP contribution in [0.25, 0.3) is 10.9 Å². The summed E-state index contributed by atoms with van der Waals surface area (Å²) in [4.78, 5) is 45.3. The van der Waals surface area contributed by atoms with Crippen molar-refractivity contribution in [1.29, 1.82) is 0 Å². The Labute approximate surface area is 278 Å². The zero-order chi connectivity index (χ0) is 34.8. The number of urea groups is 1. The largest absolute Gasteiger partial charge is 0.492 e. The summed E-state index contributed by atoms with van der Waals surface area (Å²) in [7, 11) is -0.555. The molecule has 1 fully saturated rings. The number of hydrogen-bond acceptors (Lipinski definition) is 8. The van der Waals surface area contributed by atoms with E-state index in [2.05, 4.69) is 25.7 Å². The summed E-state index contributed by atoms with van der Waals surface area (Å²) >= 11 is 0. The number of fused-ring (bicyclic) bond motifs is 1. The van der Waals surface area contributed by atoms with Crippen molar-refractivity contribution in [2.75, 3.05) is 60.3 Å². The number of aromatic nitrogens is 2. The Morgan fingerprint density at radius 3 is 2.27 bits per heavy atom. The summed E-state index contributed by atoms with van der Waals surface area (Å²) in [6.45, 7) is 7.92. The average Bonchev–Trinajstić information content (AvgIpc) is 3.37. The van der Waals surface area contributed by atoms with Gasteiger partial charge in [0.15, 0.2) is 5.75 Å². The molecular weight excluding hydrogens is 638 g/mol. The number of carbonyl (C=O) groups excluding carboxylic acids is 3. The fraction of sp³-hybridized carbons (Fsp3) is 0.333. The van der Waals surface area contributed by atoms with Gasteiger partial charge in [0.05, 0.1) is 54.7 Å². The summed E-state index contributed by atoms with van der Waals surface area (Å²) in [6, 6.07) is 13.0. The molecular formula is C33H39N7O7S. The Bertz CT molecular complexity index is 1980. The first-order valence-electron chi connectivity index (χ1n) is 15.2. The number of morpholine rings is 1. The van der Waals surface area contributed by atoms with Gasteiger partial charge in [0.25, 0.3) is 11.8 Å².